The summed E-state index contributed by atoms with van der Waals surface area (Å²) >= 11 is 0. The summed E-state index contributed by atoms with van der Waals surface area (Å²) in [6, 6.07) is 50.5. The molecular formula is C42H30N4O. The highest BCUT2D eigenvalue weighted by atomic mass is 16.5. The van der Waals surface area contributed by atoms with Crippen LogP contribution in [-0.4, -0.2) is 19.5 Å². The van der Waals surface area contributed by atoms with Crippen LogP contribution in [0.3, 0.4) is 0 Å². The van der Waals surface area contributed by atoms with Gasteiger partial charge in [-0.15, -0.1) is 0 Å². The number of hydrogen-bond donors (Lipinski definition) is 0. The zero-order valence-corrected chi connectivity index (χ0v) is 26.1. The van der Waals surface area contributed by atoms with E-state index in [2.05, 4.69) is 91.2 Å². The van der Waals surface area contributed by atoms with Crippen molar-refractivity contribution in [3.63, 3.8) is 0 Å². The van der Waals surface area contributed by atoms with Gasteiger partial charge in [0.15, 0.2) is 11.6 Å². The minimum atomic E-state index is -0.0992. The highest BCUT2D eigenvalue weighted by Gasteiger charge is 2.36. The van der Waals surface area contributed by atoms with Gasteiger partial charge in [0.2, 0.25) is 0 Å². The second kappa shape index (κ2) is 10.5. The number of benzene rings is 6. The molecule has 0 saturated heterocycles. The molecule has 0 atom stereocenters. The molecule has 224 valence electrons. The van der Waals surface area contributed by atoms with E-state index < -0.39 is 0 Å². The van der Waals surface area contributed by atoms with E-state index in [1.165, 1.54) is 38.5 Å². The van der Waals surface area contributed by atoms with Gasteiger partial charge in [-0.3, -0.25) is 0 Å². The van der Waals surface area contributed by atoms with E-state index >= 15 is 0 Å². The van der Waals surface area contributed by atoms with E-state index in [0.29, 0.717) is 17.4 Å². The molecule has 0 N–H and O–H groups in total. The first-order valence-corrected chi connectivity index (χ1v) is 15.9. The van der Waals surface area contributed by atoms with Gasteiger partial charge in [-0.05, 0) is 52.6 Å². The molecule has 6 aromatic carbocycles. The van der Waals surface area contributed by atoms with Gasteiger partial charge in [0, 0.05) is 39.1 Å². The van der Waals surface area contributed by atoms with Crippen LogP contribution in [0.15, 0.2) is 146 Å². The van der Waals surface area contributed by atoms with Gasteiger partial charge in [-0.2, -0.15) is 9.97 Å². The predicted molar refractivity (Wildman–Crippen MR) is 189 cm³/mol. The lowest BCUT2D eigenvalue weighted by molar-refractivity contribution is 0.441. The van der Waals surface area contributed by atoms with Crippen LogP contribution in [0.4, 0.5) is 0 Å². The fraction of sp³-hybridized carbons (Fsp3) is 0.0714. The normalized spacial score (nSPS) is 13.1. The Balaban J connectivity index is 1.18. The van der Waals surface area contributed by atoms with Crippen molar-refractivity contribution in [2.24, 2.45) is 0 Å². The molecule has 2 heterocycles. The first-order chi connectivity index (χ1) is 23.0. The summed E-state index contributed by atoms with van der Waals surface area (Å²) in [5.74, 6) is 1.77. The van der Waals surface area contributed by atoms with Crippen molar-refractivity contribution in [1.82, 2.24) is 19.5 Å². The Morgan fingerprint density at radius 3 is 1.91 bits per heavy atom. The molecule has 0 bridgehead atoms. The topological polar surface area (TPSA) is 52.8 Å². The van der Waals surface area contributed by atoms with Crippen molar-refractivity contribution in [3.05, 3.63) is 157 Å². The summed E-state index contributed by atoms with van der Waals surface area (Å²) in [6.45, 7) is 4.65. The third-order valence-electron chi connectivity index (χ3n) is 9.34. The van der Waals surface area contributed by atoms with E-state index in [1.54, 1.807) is 0 Å². The molecule has 0 spiro atoms. The summed E-state index contributed by atoms with van der Waals surface area (Å²) in [4.78, 5) is 14.3. The summed E-state index contributed by atoms with van der Waals surface area (Å²) in [5, 5.41) is 2.45. The largest absolute Gasteiger partial charge is 0.424 e. The molecular weight excluding hydrogens is 576 g/mol. The van der Waals surface area contributed by atoms with Crippen molar-refractivity contribution in [3.8, 4) is 51.3 Å². The Morgan fingerprint density at radius 2 is 1.17 bits per heavy atom. The number of nitrogens with zero attached hydrogens (tertiary/aromatic N) is 4. The van der Waals surface area contributed by atoms with Gasteiger partial charge in [0.1, 0.15) is 5.75 Å². The van der Waals surface area contributed by atoms with Crippen molar-refractivity contribution in [1.29, 1.82) is 0 Å². The minimum absolute atomic E-state index is 0.0992. The SMILES string of the molecule is CC1(C)c2ccccc2-c2cc3c4ccccc4n(-c4cccc(Oc5nc(-c6ccccc6)nc(-c6ccccc6)n5)c4)c3cc21. The lowest BCUT2D eigenvalue weighted by Crippen LogP contribution is -2.14. The van der Waals surface area contributed by atoms with Crippen LogP contribution in [-0.2, 0) is 5.41 Å². The number of para-hydroxylation sites is 1. The highest BCUT2D eigenvalue weighted by molar-refractivity contribution is 6.11. The fourth-order valence-electron chi connectivity index (χ4n) is 7.07. The van der Waals surface area contributed by atoms with Gasteiger partial charge in [-0.25, -0.2) is 4.98 Å². The van der Waals surface area contributed by atoms with Crippen LogP contribution >= 0.6 is 0 Å². The fourth-order valence-corrected chi connectivity index (χ4v) is 7.07. The van der Waals surface area contributed by atoms with Gasteiger partial charge in [-0.1, -0.05) is 123 Å². The van der Waals surface area contributed by atoms with Crippen LogP contribution in [0.2, 0.25) is 0 Å². The van der Waals surface area contributed by atoms with E-state index in [9.17, 15) is 0 Å². The number of hydrogen-bond acceptors (Lipinski definition) is 4. The maximum absolute atomic E-state index is 6.44. The summed E-state index contributed by atoms with van der Waals surface area (Å²) in [7, 11) is 0. The molecule has 0 amide bonds. The summed E-state index contributed by atoms with van der Waals surface area (Å²) in [6.07, 6.45) is 0. The van der Waals surface area contributed by atoms with Gasteiger partial charge >= 0.3 is 6.01 Å². The molecule has 0 saturated carbocycles. The van der Waals surface area contributed by atoms with Gasteiger partial charge < -0.3 is 9.30 Å². The second-order valence-electron chi connectivity index (χ2n) is 12.5. The standard InChI is InChI=1S/C42H30N4O/c1-42(2)35-22-11-9-20-31(35)33-25-34-32-21-10-12-23-37(32)46(38(34)26-36(33)42)29-18-13-19-30(24-29)47-41-44-39(27-14-5-3-6-15-27)43-40(45-41)28-16-7-4-8-17-28/h3-26H,1-2H3. The second-order valence-corrected chi connectivity index (χ2v) is 12.5. The smallest absolute Gasteiger partial charge is 0.326 e. The van der Waals surface area contributed by atoms with Crippen molar-refractivity contribution in [2.75, 3.05) is 0 Å². The maximum atomic E-state index is 6.44. The Labute approximate surface area is 272 Å². The molecule has 8 aromatic rings. The average Bonchev–Trinajstić information content (AvgIpc) is 3.56. The first kappa shape index (κ1) is 27.3. The monoisotopic (exact) mass is 606 g/mol. The molecule has 0 unspecified atom stereocenters. The molecule has 1 aliphatic carbocycles. The van der Waals surface area contributed by atoms with Crippen LogP contribution in [0.1, 0.15) is 25.0 Å². The highest BCUT2D eigenvalue weighted by Crippen LogP contribution is 2.51. The van der Waals surface area contributed by atoms with Gasteiger partial charge in [0.25, 0.3) is 0 Å². The van der Waals surface area contributed by atoms with Crippen molar-refractivity contribution in [2.45, 2.75) is 19.3 Å². The van der Waals surface area contributed by atoms with Crippen LogP contribution in [0, 0.1) is 0 Å². The number of rotatable bonds is 5. The summed E-state index contributed by atoms with van der Waals surface area (Å²) < 4.78 is 8.78. The van der Waals surface area contributed by atoms with Crippen molar-refractivity contribution < 1.29 is 4.74 Å². The molecule has 0 fully saturated rings. The lowest BCUT2D eigenvalue weighted by Gasteiger charge is -2.21. The molecule has 2 aromatic heterocycles. The van der Waals surface area contributed by atoms with E-state index in [1.807, 2.05) is 72.8 Å². The Hall–Kier alpha value is -6.07. The van der Waals surface area contributed by atoms with Gasteiger partial charge in [0.05, 0.1) is 11.0 Å². The van der Waals surface area contributed by atoms with Crippen LogP contribution in [0.25, 0.3) is 61.4 Å². The molecule has 1 aliphatic rings. The molecule has 5 nitrogen and oxygen atoms in total. The van der Waals surface area contributed by atoms with Crippen molar-refractivity contribution >= 4 is 21.8 Å². The summed E-state index contributed by atoms with van der Waals surface area (Å²) in [5.41, 5.74) is 10.4. The minimum Gasteiger partial charge on any atom is -0.424 e. The zero-order chi connectivity index (χ0) is 31.5. The first-order valence-electron chi connectivity index (χ1n) is 15.9. The lowest BCUT2D eigenvalue weighted by atomic mass is 9.82. The third-order valence-corrected chi connectivity index (χ3v) is 9.34. The maximum Gasteiger partial charge on any atom is 0.326 e. The number of aromatic nitrogens is 4. The molecule has 47 heavy (non-hydrogen) atoms. The molecule has 5 heteroatoms. The number of fused-ring (bicyclic) bond motifs is 6. The van der Waals surface area contributed by atoms with E-state index in [0.717, 1.165) is 22.3 Å². The van der Waals surface area contributed by atoms with Crippen LogP contribution < -0.4 is 4.74 Å². The molecule has 0 radical (unpaired) electrons. The Morgan fingerprint density at radius 1 is 0.511 bits per heavy atom. The van der Waals surface area contributed by atoms with Crippen LogP contribution in [0.5, 0.6) is 11.8 Å². The molecule has 9 rings (SSSR count). The predicted octanol–water partition coefficient (Wildman–Crippen LogP) is 10.4. The molecule has 0 aliphatic heterocycles. The Kier molecular flexibility index (Phi) is 6.09. The average molecular weight is 607 g/mol. The third kappa shape index (κ3) is 4.43. The quantitative estimate of drug-likeness (QED) is 0.196. The number of ether oxygens (including phenoxy) is 1. The Bertz CT molecular complexity index is 2410. The zero-order valence-electron chi connectivity index (χ0n) is 26.1. The van der Waals surface area contributed by atoms with E-state index in [-0.39, 0.29) is 11.4 Å². The van der Waals surface area contributed by atoms with E-state index in [4.69, 9.17) is 19.7 Å².